The largest absolute Gasteiger partial charge is 0.370 e. The Labute approximate surface area is 58.2 Å². The minimum Gasteiger partial charge on any atom is -0.370 e. The first-order chi connectivity index (χ1) is 3.18. The van der Waals surface area contributed by atoms with Gasteiger partial charge in [-0.2, -0.15) is 5.90 Å². The molecule has 0 saturated heterocycles. The Morgan fingerprint density at radius 3 is 2.12 bits per heavy atom. The molecular weight excluding hydrogens is 174 g/mol. The second kappa shape index (κ2) is 4.80. The van der Waals surface area contributed by atoms with Crippen LogP contribution < -0.4 is 5.90 Å². The van der Waals surface area contributed by atoms with E-state index in [4.69, 9.17) is 0 Å². The van der Waals surface area contributed by atoms with Crippen LogP contribution in [0, 0.1) is 0 Å². The maximum absolute atomic E-state index is 10.1. The molecule has 0 aliphatic carbocycles. The predicted molar refractivity (Wildman–Crippen MR) is 35.4 cm³/mol. The Bertz CT molecular complexity index is 102. The van der Waals surface area contributed by atoms with E-state index in [1.807, 2.05) is 0 Å². The monoisotopic (exact) mass is 181 g/mol. The van der Waals surface area contributed by atoms with Crippen LogP contribution in [0.15, 0.2) is 12.2 Å². The van der Waals surface area contributed by atoms with E-state index in [0.29, 0.717) is 5.57 Å². The van der Waals surface area contributed by atoms with Crippen LogP contribution in [-0.2, 0) is 9.63 Å². The Balaban J connectivity index is 0. The quantitative estimate of drug-likeness (QED) is 0.476. The molecule has 0 unspecified atom stereocenters. The van der Waals surface area contributed by atoms with Gasteiger partial charge in [-0.15, -0.1) is 17.0 Å². The molecule has 0 saturated carbocycles. The van der Waals surface area contributed by atoms with Gasteiger partial charge >= 0.3 is 5.97 Å². The van der Waals surface area contributed by atoms with Crippen molar-refractivity contribution < 1.29 is 9.63 Å². The molecule has 0 fully saturated rings. The van der Waals surface area contributed by atoms with Gasteiger partial charge in [-0.1, -0.05) is 6.58 Å². The number of carbonyl (C=O) groups excluding carboxylic acids is 1. The van der Waals surface area contributed by atoms with Gasteiger partial charge in [-0.25, -0.2) is 4.79 Å². The molecule has 48 valence electrons. The lowest BCUT2D eigenvalue weighted by Gasteiger charge is -1.90. The highest BCUT2D eigenvalue weighted by atomic mass is 79.9. The van der Waals surface area contributed by atoms with Crippen molar-refractivity contribution in [2.24, 2.45) is 5.90 Å². The van der Waals surface area contributed by atoms with Gasteiger partial charge in [0.15, 0.2) is 0 Å². The van der Waals surface area contributed by atoms with Crippen molar-refractivity contribution in [1.29, 1.82) is 0 Å². The number of nitrogens with two attached hydrogens (primary N) is 1. The maximum atomic E-state index is 10.1. The molecule has 0 atom stereocenters. The lowest BCUT2D eigenvalue weighted by molar-refractivity contribution is -0.139. The first-order valence-corrected chi connectivity index (χ1v) is 1.75. The summed E-state index contributed by atoms with van der Waals surface area (Å²) in [5.74, 6) is 3.89. The van der Waals surface area contributed by atoms with E-state index in [2.05, 4.69) is 17.3 Å². The normalized spacial score (nSPS) is 6.75. The molecule has 3 nitrogen and oxygen atoms in total. The lowest BCUT2D eigenvalue weighted by atomic mass is 10.4. The van der Waals surface area contributed by atoms with Crippen molar-refractivity contribution in [2.45, 2.75) is 6.92 Å². The molecule has 0 rings (SSSR count). The molecule has 0 spiro atoms. The Morgan fingerprint density at radius 1 is 1.75 bits per heavy atom. The standard InChI is InChI=1S/C4H7NO2.BrH/c1-3(2)4(6)7-5;/h1,5H2,2H3;1H. The van der Waals surface area contributed by atoms with Crippen LogP contribution in [0.2, 0.25) is 0 Å². The van der Waals surface area contributed by atoms with Crippen molar-refractivity contribution in [3.8, 4) is 0 Å². The average molecular weight is 182 g/mol. The van der Waals surface area contributed by atoms with Gasteiger partial charge < -0.3 is 4.84 Å². The smallest absolute Gasteiger partial charge is 0.351 e. The van der Waals surface area contributed by atoms with Gasteiger partial charge in [0.25, 0.3) is 0 Å². The zero-order valence-electron chi connectivity index (χ0n) is 4.51. The number of hydrogen-bond acceptors (Lipinski definition) is 3. The first kappa shape index (κ1) is 10.6. The van der Waals surface area contributed by atoms with E-state index in [0.717, 1.165) is 0 Å². The summed E-state index contributed by atoms with van der Waals surface area (Å²) >= 11 is 0. The van der Waals surface area contributed by atoms with E-state index in [1.54, 1.807) is 0 Å². The molecule has 0 amide bonds. The van der Waals surface area contributed by atoms with Crippen LogP contribution in [0.25, 0.3) is 0 Å². The van der Waals surface area contributed by atoms with Crippen LogP contribution in [0.1, 0.15) is 6.92 Å². The molecule has 2 N–H and O–H groups in total. The van der Waals surface area contributed by atoms with E-state index in [-0.39, 0.29) is 17.0 Å². The zero-order chi connectivity index (χ0) is 5.86. The summed E-state index contributed by atoms with van der Waals surface area (Å²) in [6, 6.07) is 0. The third-order valence-corrected chi connectivity index (χ3v) is 0.455. The van der Waals surface area contributed by atoms with Gasteiger partial charge in [-0.3, -0.25) is 0 Å². The highest BCUT2D eigenvalue weighted by molar-refractivity contribution is 8.93. The van der Waals surface area contributed by atoms with Gasteiger partial charge in [0.2, 0.25) is 0 Å². The molecule has 0 heterocycles. The van der Waals surface area contributed by atoms with Crippen LogP contribution in [0.5, 0.6) is 0 Å². The van der Waals surface area contributed by atoms with Crippen molar-refractivity contribution in [3.63, 3.8) is 0 Å². The van der Waals surface area contributed by atoms with Crippen molar-refractivity contribution in [2.75, 3.05) is 0 Å². The molecule has 8 heavy (non-hydrogen) atoms. The minimum atomic E-state index is -0.569. The fourth-order valence-corrected chi connectivity index (χ4v) is 0.101. The van der Waals surface area contributed by atoms with Gasteiger partial charge in [0.1, 0.15) is 0 Å². The molecule has 0 aromatic carbocycles. The molecule has 0 aliphatic heterocycles. The third kappa shape index (κ3) is 3.83. The SMILES string of the molecule is Br.C=C(C)C(=O)ON. The molecule has 0 radical (unpaired) electrons. The fraction of sp³-hybridized carbons (Fsp3) is 0.250. The summed E-state index contributed by atoms with van der Waals surface area (Å²) < 4.78 is 0. The number of halogens is 1. The van der Waals surface area contributed by atoms with E-state index in [9.17, 15) is 4.79 Å². The Kier molecular flexibility index (Phi) is 6.36. The molecule has 0 bridgehead atoms. The van der Waals surface area contributed by atoms with Crippen molar-refractivity contribution in [3.05, 3.63) is 12.2 Å². The second-order valence-electron chi connectivity index (χ2n) is 1.19. The third-order valence-electron chi connectivity index (χ3n) is 0.455. The van der Waals surface area contributed by atoms with Crippen LogP contribution in [0.4, 0.5) is 0 Å². The van der Waals surface area contributed by atoms with E-state index >= 15 is 0 Å². The molecule has 4 heteroatoms. The highest BCUT2D eigenvalue weighted by Crippen LogP contribution is 1.85. The highest BCUT2D eigenvalue weighted by Gasteiger charge is 1.96. The van der Waals surface area contributed by atoms with Crippen molar-refractivity contribution in [1.82, 2.24) is 0 Å². The summed E-state index contributed by atoms with van der Waals surface area (Å²) in [5.41, 5.74) is 0.308. The van der Waals surface area contributed by atoms with Gasteiger partial charge in [0.05, 0.1) is 0 Å². The summed E-state index contributed by atoms with van der Waals surface area (Å²) in [4.78, 5) is 13.8. The maximum Gasteiger partial charge on any atom is 0.351 e. The average Bonchev–Trinajstić information content (AvgIpc) is 1.65. The molecule has 0 aliphatic rings. The minimum absolute atomic E-state index is 0. The first-order valence-electron chi connectivity index (χ1n) is 1.75. The van der Waals surface area contributed by atoms with Crippen LogP contribution in [-0.4, -0.2) is 5.97 Å². The topological polar surface area (TPSA) is 52.3 Å². The second-order valence-corrected chi connectivity index (χ2v) is 1.19. The molecule has 0 aromatic heterocycles. The molecule has 0 aromatic rings. The predicted octanol–water partition coefficient (Wildman–Crippen LogP) is 0.557. The Hall–Kier alpha value is -0.350. The van der Waals surface area contributed by atoms with Crippen molar-refractivity contribution >= 4 is 23.0 Å². The Morgan fingerprint density at radius 2 is 2.12 bits per heavy atom. The van der Waals surface area contributed by atoms with E-state index < -0.39 is 5.97 Å². The number of hydrogen-bond donors (Lipinski definition) is 1. The van der Waals surface area contributed by atoms with E-state index in [1.165, 1.54) is 6.92 Å². The van der Waals surface area contributed by atoms with Gasteiger partial charge in [-0.05, 0) is 6.92 Å². The number of carbonyl (C=O) groups is 1. The molecular formula is C4H8BrNO2. The fourth-order valence-electron chi connectivity index (χ4n) is 0.101. The van der Waals surface area contributed by atoms with Crippen LogP contribution in [0.3, 0.4) is 0 Å². The zero-order valence-corrected chi connectivity index (χ0v) is 6.22. The number of rotatable bonds is 1. The van der Waals surface area contributed by atoms with Crippen LogP contribution >= 0.6 is 17.0 Å². The lowest BCUT2D eigenvalue weighted by Crippen LogP contribution is -2.09. The summed E-state index contributed by atoms with van der Waals surface area (Å²) in [5, 5.41) is 0. The van der Waals surface area contributed by atoms with Gasteiger partial charge in [0, 0.05) is 5.57 Å². The summed E-state index contributed by atoms with van der Waals surface area (Å²) in [7, 11) is 0. The summed E-state index contributed by atoms with van der Waals surface area (Å²) in [6.45, 7) is 4.79. The summed E-state index contributed by atoms with van der Waals surface area (Å²) in [6.07, 6.45) is 0.